The van der Waals surface area contributed by atoms with Gasteiger partial charge in [0, 0.05) is 12.3 Å². The lowest BCUT2D eigenvalue weighted by Crippen LogP contribution is -2.08. The number of pyridine rings is 2. The first-order valence-electron chi connectivity index (χ1n) is 10.0. The molecule has 13 heteroatoms. The van der Waals surface area contributed by atoms with Crippen LogP contribution in [0.1, 0.15) is 12.6 Å². The molecule has 4 aromatic heterocycles. The number of imidazole rings is 1. The molecule has 0 aliphatic rings. The van der Waals surface area contributed by atoms with Gasteiger partial charge in [-0.15, -0.1) is 0 Å². The number of hydrogen-bond acceptors (Lipinski definition) is 10. The molecule has 0 N–H and O–H groups in total. The molecular weight excluding hydrogens is 484 g/mol. The molecule has 0 saturated heterocycles. The fourth-order valence-corrected chi connectivity index (χ4v) is 4.30. The first-order chi connectivity index (χ1) is 16.3. The van der Waals surface area contributed by atoms with Gasteiger partial charge in [-0.1, -0.05) is 17.7 Å². The number of rotatable bonds is 8. The molecule has 0 fully saturated rings. The van der Waals surface area contributed by atoms with E-state index in [1.54, 1.807) is 22.8 Å². The van der Waals surface area contributed by atoms with Gasteiger partial charge in [-0.3, -0.25) is 9.55 Å². The fraction of sp³-hybridized carbons (Fsp3) is 0.286. The van der Waals surface area contributed by atoms with Gasteiger partial charge in [-0.05, 0) is 13.0 Å². The second kappa shape index (κ2) is 9.39. The second-order valence-electron chi connectivity index (χ2n) is 7.14. The monoisotopic (exact) mass is 504 g/mol. The van der Waals surface area contributed by atoms with Crippen LogP contribution in [0.5, 0.6) is 17.4 Å². The molecule has 0 aliphatic carbocycles. The highest BCUT2D eigenvalue weighted by Crippen LogP contribution is 2.37. The normalized spacial score (nSPS) is 11.6. The van der Waals surface area contributed by atoms with Crippen LogP contribution in [0.2, 0.25) is 5.15 Å². The van der Waals surface area contributed by atoms with Gasteiger partial charge in [0.25, 0.3) is 0 Å². The van der Waals surface area contributed by atoms with Crippen molar-refractivity contribution in [2.45, 2.75) is 12.7 Å². The Balaban J connectivity index is 2.10. The summed E-state index contributed by atoms with van der Waals surface area (Å²) in [5, 5.41) is -0.0567. The van der Waals surface area contributed by atoms with Crippen molar-refractivity contribution < 1.29 is 22.6 Å². The third-order valence-corrected chi connectivity index (χ3v) is 5.78. The molecule has 0 bridgehead atoms. The maximum Gasteiger partial charge on any atom is 0.213 e. The number of fused-ring (bicyclic) bond motifs is 1. The summed E-state index contributed by atoms with van der Waals surface area (Å²) in [7, 11) is -0.453. The molecule has 34 heavy (non-hydrogen) atoms. The van der Waals surface area contributed by atoms with Crippen LogP contribution in [-0.2, 0) is 15.6 Å². The number of sulfone groups is 1. The Labute approximate surface area is 200 Å². The predicted octanol–water partition coefficient (Wildman–Crippen LogP) is 2.89. The van der Waals surface area contributed by atoms with Gasteiger partial charge in [0.1, 0.15) is 11.4 Å². The van der Waals surface area contributed by atoms with Crippen LogP contribution in [0.3, 0.4) is 0 Å². The van der Waals surface area contributed by atoms with E-state index in [2.05, 4.69) is 24.9 Å². The molecule has 4 rings (SSSR count). The van der Waals surface area contributed by atoms with E-state index < -0.39 is 15.6 Å². The Morgan fingerprint density at radius 3 is 2.35 bits per heavy atom. The summed E-state index contributed by atoms with van der Waals surface area (Å²) in [5.74, 6) is 1.08. The van der Waals surface area contributed by atoms with E-state index in [0.717, 1.165) is 6.26 Å². The Bertz CT molecular complexity index is 1450. The SMILES string of the molecule is CCOc1cccc(-c2nc3nc(Cl)c(CS(C)(=O)=O)nc3n2-c2c(OC)cncc2OC)n1. The Morgan fingerprint density at radius 2 is 1.74 bits per heavy atom. The molecule has 0 atom stereocenters. The van der Waals surface area contributed by atoms with Crippen molar-refractivity contribution in [3.63, 3.8) is 0 Å². The smallest absolute Gasteiger partial charge is 0.213 e. The molecule has 4 heterocycles. The van der Waals surface area contributed by atoms with E-state index in [9.17, 15) is 8.42 Å². The summed E-state index contributed by atoms with van der Waals surface area (Å²) < 4.78 is 42.2. The second-order valence-corrected chi connectivity index (χ2v) is 9.63. The molecule has 0 aliphatic heterocycles. The zero-order valence-corrected chi connectivity index (χ0v) is 20.4. The molecule has 0 unspecified atom stereocenters. The highest BCUT2D eigenvalue weighted by atomic mass is 35.5. The third kappa shape index (κ3) is 4.59. The quantitative estimate of drug-likeness (QED) is 0.353. The van der Waals surface area contributed by atoms with Gasteiger partial charge in [-0.2, -0.15) is 0 Å². The first kappa shape index (κ1) is 23.6. The van der Waals surface area contributed by atoms with Gasteiger partial charge in [0.15, 0.2) is 43.6 Å². The van der Waals surface area contributed by atoms with E-state index in [1.165, 1.54) is 26.6 Å². The number of halogens is 1. The molecule has 0 amide bonds. The number of hydrogen-bond donors (Lipinski definition) is 0. The van der Waals surface area contributed by atoms with E-state index >= 15 is 0 Å². The lowest BCUT2D eigenvalue weighted by atomic mass is 10.3. The Kier molecular flexibility index (Phi) is 6.53. The van der Waals surface area contributed by atoms with Crippen molar-refractivity contribution in [3.8, 4) is 34.6 Å². The van der Waals surface area contributed by atoms with Gasteiger partial charge in [0.05, 0.1) is 44.7 Å². The molecule has 178 valence electrons. The summed E-state index contributed by atoms with van der Waals surface area (Å²) >= 11 is 6.26. The number of ether oxygens (including phenoxy) is 3. The van der Waals surface area contributed by atoms with E-state index in [4.69, 9.17) is 25.8 Å². The maximum absolute atomic E-state index is 11.9. The zero-order valence-electron chi connectivity index (χ0n) is 18.8. The van der Waals surface area contributed by atoms with Crippen molar-refractivity contribution >= 4 is 32.7 Å². The van der Waals surface area contributed by atoms with Gasteiger partial charge >= 0.3 is 0 Å². The van der Waals surface area contributed by atoms with Gasteiger partial charge in [0.2, 0.25) is 5.88 Å². The number of methoxy groups -OCH3 is 2. The van der Waals surface area contributed by atoms with Gasteiger partial charge < -0.3 is 14.2 Å². The van der Waals surface area contributed by atoms with Crippen molar-refractivity contribution in [2.24, 2.45) is 0 Å². The summed E-state index contributed by atoms with van der Waals surface area (Å²) in [6, 6.07) is 5.26. The third-order valence-electron chi connectivity index (χ3n) is 4.68. The topological polar surface area (TPSA) is 131 Å². The van der Waals surface area contributed by atoms with Crippen molar-refractivity contribution in [3.05, 3.63) is 41.4 Å². The average Bonchev–Trinajstić information content (AvgIpc) is 3.15. The maximum atomic E-state index is 11.9. The average molecular weight is 505 g/mol. The summed E-state index contributed by atoms with van der Waals surface area (Å²) in [4.78, 5) is 22.1. The van der Waals surface area contributed by atoms with E-state index in [1.807, 2.05) is 6.92 Å². The molecule has 0 saturated carbocycles. The Hall–Kier alpha value is -3.51. The largest absolute Gasteiger partial charge is 0.493 e. The fourth-order valence-electron chi connectivity index (χ4n) is 3.33. The van der Waals surface area contributed by atoms with Crippen LogP contribution in [0.15, 0.2) is 30.6 Å². The minimum Gasteiger partial charge on any atom is -0.493 e. The number of aromatic nitrogens is 6. The van der Waals surface area contributed by atoms with Crippen LogP contribution in [-0.4, -0.2) is 65.0 Å². The lowest BCUT2D eigenvalue weighted by Gasteiger charge is -2.16. The van der Waals surface area contributed by atoms with Crippen molar-refractivity contribution in [2.75, 3.05) is 27.1 Å². The molecular formula is C21H21ClN6O5S. The van der Waals surface area contributed by atoms with Crippen LogP contribution < -0.4 is 14.2 Å². The predicted molar refractivity (Wildman–Crippen MR) is 126 cm³/mol. The summed E-state index contributed by atoms with van der Waals surface area (Å²) in [5.41, 5.74) is 1.40. The Morgan fingerprint density at radius 1 is 1.03 bits per heavy atom. The first-order valence-corrected chi connectivity index (χ1v) is 12.5. The molecule has 4 aromatic rings. The van der Waals surface area contributed by atoms with Crippen LogP contribution in [0, 0.1) is 0 Å². The lowest BCUT2D eigenvalue weighted by molar-refractivity contribution is 0.327. The zero-order chi connectivity index (χ0) is 24.5. The van der Waals surface area contributed by atoms with Gasteiger partial charge in [-0.25, -0.2) is 28.4 Å². The molecule has 11 nitrogen and oxygen atoms in total. The molecule has 0 spiro atoms. The standard InChI is InChI=1S/C21H21ClN6O5S/c1-5-33-16-8-6-7-12(24-16)20-27-19-21(25-13(18(22)26-19)11-34(4,29)30)28(20)17-14(31-2)9-23-10-15(17)32-3/h6-10H,5,11H2,1-4H3. The van der Waals surface area contributed by atoms with Crippen LogP contribution >= 0.6 is 11.6 Å². The highest BCUT2D eigenvalue weighted by Gasteiger charge is 2.25. The summed E-state index contributed by atoms with van der Waals surface area (Å²) in [6.45, 7) is 2.29. The highest BCUT2D eigenvalue weighted by molar-refractivity contribution is 7.89. The molecule has 0 radical (unpaired) electrons. The van der Waals surface area contributed by atoms with E-state index in [0.29, 0.717) is 41.2 Å². The van der Waals surface area contributed by atoms with Crippen LogP contribution in [0.4, 0.5) is 0 Å². The van der Waals surface area contributed by atoms with Crippen molar-refractivity contribution in [1.82, 2.24) is 29.5 Å². The van der Waals surface area contributed by atoms with Crippen molar-refractivity contribution in [1.29, 1.82) is 0 Å². The summed E-state index contributed by atoms with van der Waals surface area (Å²) in [6.07, 6.45) is 4.12. The minimum absolute atomic E-state index is 0.0567. The minimum atomic E-state index is -3.43. The molecule has 0 aromatic carbocycles. The van der Waals surface area contributed by atoms with E-state index in [-0.39, 0.29) is 22.1 Å². The van der Waals surface area contributed by atoms with Crippen LogP contribution in [0.25, 0.3) is 28.5 Å². The number of nitrogens with zero attached hydrogens (tertiary/aromatic N) is 6.